The van der Waals surface area contributed by atoms with Gasteiger partial charge in [0, 0.05) is 6.54 Å². The molecule has 4 aromatic rings. The van der Waals surface area contributed by atoms with Gasteiger partial charge in [0.1, 0.15) is 11.9 Å². The van der Waals surface area contributed by atoms with Crippen LogP contribution in [0, 0.1) is 17.1 Å². The first-order valence-electron chi connectivity index (χ1n) is 8.59. The number of hydrogen-bond acceptors (Lipinski definition) is 3. The lowest BCUT2D eigenvalue weighted by Gasteiger charge is -2.23. The molecular formula is C21H15FN4. The Hall–Kier alpha value is -3.23. The van der Waals surface area contributed by atoms with Gasteiger partial charge in [-0.3, -0.25) is 4.40 Å². The zero-order chi connectivity index (χ0) is 17.7. The minimum Gasteiger partial charge on any atom is -0.312 e. The summed E-state index contributed by atoms with van der Waals surface area (Å²) < 4.78 is 15.5. The van der Waals surface area contributed by atoms with Crippen LogP contribution in [0.4, 0.5) is 4.39 Å². The highest BCUT2D eigenvalue weighted by Crippen LogP contribution is 2.35. The molecule has 5 rings (SSSR count). The molecule has 4 nitrogen and oxygen atoms in total. The van der Waals surface area contributed by atoms with Gasteiger partial charge in [0.25, 0.3) is 0 Å². The normalized spacial score (nSPS) is 13.7. The summed E-state index contributed by atoms with van der Waals surface area (Å²) in [4.78, 5) is 4.74. The number of rotatable bonds is 1. The van der Waals surface area contributed by atoms with Crippen LogP contribution < -0.4 is 5.32 Å². The molecule has 0 amide bonds. The summed E-state index contributed by atoms with van der Waals surface area (Å²) in [7, 11) is 0. The van der Waals surface area contributed by atoms with Crippen molar-refractivity contribution in [1.82, 2.24) is 14.7 Å². The number of pyridine rings is 1. The van der Waals surface area contributed by atoms with E-state index in [1.165, 1.54) is 12.1 Å². The van der Waals surface area contributed by atoms with Crippen LogP contribution in [0.3, 0.4) is 0 Å². The molecule has 0 saturated carbocycles. The van der Waals surface area contributed by atoms with E-state index < -0.39 is 0 Å². The minimum absolute atomic E-state index is 0.263. The average molecular weight is 342 g/mol. The summed E-state index contributed by atoms with van der Waals surface area (Å²) in [5.41, 5.74) is 7.16. The minimum atomic E-state index is -0.263. The fourth-order valence-corrected chi connectivity index (χ4v) is 3.91. The van der Waals surface area contributed by atoms with Crippen molar-refractivity contribution >= 4 is 16.7 Å². The number of benzene rings is 2. The first kappa shape index (κ1) is 15.1. The van der Waals surface area contributed by atoms with Crippen molar-refractivity contribution in [1.29, 1.82) is 5.26 Å². The summed E-state index contributed by atoms with van der Waals surface area (Å²) in [5.74, 6) is -0.263. The number of aromatic nitrogens is 2. The molecule has 0 bridgehead atoms. The molecule has 26 heavy (non-hydrogen) atoms. The monoisotopic (exact) mass is 342 g/mol. The number of halogens is 1. The summed E-state index contributed by atoms with van der Waals surface area (Å²) >= 11 is 0. The van der Waals surface area contributed by atoms with E-state index in [4.69, 9.17) is 4.98 Å². The molecule has 1 aliphatic heterocycles. The van der Waals surface area contributed by atoms with Crippen molar-refractivity contribution in [2.75, 3.05) is 6.54 Å². The number of nitrogens with one attached hydrogen (secondary N) is 1. The lowest BCUT2D eigenvalue weighted by molar-refractivity contribution is 0.627. The van der Waals surface area contributed by atoms with Gasteiger partial charge in [-0.05, 0) is 66.1 Å². The molecule has 0 fully saturated rings. The molecule has 2 aromatic heterocycles. The SMILES string of the molecule is N#Cc1c2c(c(-c3ccc(F)cc3)n3c1nc1ccccc13)CNCC2. The fraction of sp³-hybridized carbons (Fsp3) is 0.143. The van der Waals surface area contributed by atoms with Crippen LogP contribution >= 0.6 is 0 Å². The van der Waals surface area contributed by atoms with Crippen LogP contribution in [-0.2, 0) is 13.0 Å². The van der Waals surface area contributed by atoms with Crippen LogP contribution in [0.2, 0.25) is 0 Å². The maximum absolute atomic E-state index is 13.5. The van der Waals surface area contributed by atoms with Gasteiger partial charge in [-0.1, -0.05) is 12.1 Å². The third-order valence-electron chi connectivity index (χ3n) is 5.04. The Morgan fingerprint density at radius 3 is 2.69 bits per heavy atom. The van der Waals surface area contributed by atoms with E-state index in [2.05, 4.69) is 11.4 Å². The van der Waals surface area contributed by atoms with Gasteiger partial charge in [-0.25, -0.2) is 9.37 Å². The zero-order valence-electron chi connectivity index (χ0n) is 14.0. The maximum Gasteiger partial charge on any atom is 0.156 e. The predicted octanol–water partition coefficient (Wildman–Crippen LogP) is 3.81. The molecule has 1 aliphatic rings. The zero-order valence-corrected chi connectivity index (χ0v) is 14.0. The highest BCUT2D eigenvalue weighted by atomic mass is 19.1. The topological polar surface area (TPSA) is 53.1 Å². The van der Waals surface area contributed by atoms with Gasteiger partial charge in [0.05, 0.1) is 22.3 Å². The van der Waals surface area contributed by atoms with Gasteiger partial charge in [-0.2, -0.15) is 5.26 Å². The second kappa shape index (κ2) is 5.65. The number of para-hydroxylation sites is 2. The van der Waals surface area contributed by atoms with Gasteiger partial charge in [-0.15, -0.1) is 0 Å². The second-order valence-electron chi connectivity index (χ2n) is 6.49. The summed E-state index contributed by atoms with van der Waals surface area (Å²) in [6, 6.07) is 16.8. The molecular weight excluding hydrogens is 327 g/mol. The van der Waals surface area contributed by atoms with E-state index in [0.29, 0.717) is 17.8 Å². The maximum atomic E-state index is 13.5. The summed E-state index contributed by atoms with van der Waals surface area (Å²) in [6.07, 6.45) is 0.784. The fourth-order valence-electron chi connectivity index (χ4n) is 3.91. The van der Waals surface area contributed by atoms with Crippen molar-refractivity contribution in [3.63, 3.8) is 0 Å². The Labute approximate surface area is 149 Å². The number of imidazole rings is 1. The van der Waals surface area contributed by atoms with E-state index in [1.807, 2.05) is 28.7 Å². The standard InChI is InChI=1S/C21H15FN4/c22-14-7-5-13(6-8-14)20-17-12-24-10-9-15(17)16(11-23)21-25-18-3-1-2-4-19(18)26(20)21/h1-8,24H,9-10,12H2. The number of fused-ring (bicyclic) bond motifs is 4. The molecule has 3 heterocycles. The van der Waals surface area contributed by atoms with Crippen LogP contribution in [0.1, 0.15) is 16.7 Å². The third kappa shape index (κ3) is 2.06. The van der Waals surface area contributed by atoms with Crippen molar-refractivity contribution in [3.8, 4) is 17.3 Å². The van der Waals surface area contributed by atoms with Gasteiger partial charge < -0.3 is 5.32 Å². The van der Waals surface area contributed by atoms with Gasteiger partial charge in [0.15, 0.2) is 5.65 Å². The third-order valence-corrected chi connectivity index (χ3v) is 5.04. The first-order chi connectivity index (χ1) is 12.8. The lowest BCUT2D eigenvalue weighted by atomic mass is 9.92. The van der Waals surface area contributed by atoms with Crippen LogP contribution in [0.15, 0.2) is 48.5 Å². The highest BCUT2D eigenvalue weighted by molar-refractivity contribution is 5.87. The molecule has 0 radical (unpaired) electrons. The van der Waals surface area contributed by atoms with E-state index in [9.17, 15) is 9.65 Å². The molecule has 2 aromatic carbocycles. The second-order valence-corrected chi connectivity index (χ2v) is 6.49. The van der Waals surface area contributed by atoms with Gasteiger partial charge in [0.2, 0.25) is 0 Å². The quantitative estimate of drug-likeness (QED) is 0.572. The van der Waals surface area contributed by atoms with Gasteiger partial charge >= 0.3 is 0 Å². The molecule has 0 unspecified atom stereocenters. The van der Waals surface area contributed by atoms with Crippen molar-refractivity contribution < 1.29 is 4.39 Å². The Balaban J connectivity index is 2.02. The molecule has 0 aliphatic carbocycles. The number of hydrogen-bond donors (Lipinski definition) is 1. The largest absolute Gasteiger partial charge is 0.312 e. The van der Waals surface area contributed by atoms with E-state index in [0.717, 1.165) is 46.4 Å². The Bertz CT molecular complexity index is 1200. The molecule has 0 atom stereocenters. The lowest BCUT2D eigenvalue weighted by Crippen LogP contribution is -2.26. The predicted molar refractivity (Wildman–Crippen MR) is 98.2 cm³/mol. The van der Waals surface area contributed by atoms with Crippen LogP contribution in [-0.4, -0.2) is 15.9 Å². The average Bonchev–Trinajstić information content (AvgIpc) is 3.06. The first-order valence-corrected chi connectivity index (χ1v) is 8.59. The molecule has 0 saturated heterocycles. The van der Waals surface area contributed by atoms with Crippen LogP contribution in [0.5, 0.6) is 0 Å². The van der Waals surface area contributed by atoms with E-state index in [-0.39, 0.29) is 5.82 Å². The Morgan fingerprint density at radius 2 is 1.88 bits per heavy atom. The Morgan fingerprint density at radius 1 is 1.08 bits per heavy atom. The Kier molecular flexibility index (Phi) is 3.27. The van der Waals surface area contributed by atoms with Crippen molar-refractivity contribution in [3.05, 3.63) is 71.0 Å². The number of nitrogens with zero attached hydrogens (tertiary/aromatic N) is 3. The molecule has 0 spiro atoms. The van der Waals surface area contributed by atoms with Crippen LogP contribution in [0.25, 0.3) is 27.9 Å². The van der Waals surface area contributed by atoms with E-state index in [1.54, 1.807) is 12.1 Å². The number of nitriles is 1. The van der Waals surface area contributed by atoms with Crippen molar-refractivity contribution in [2.24, 2.45) is 0 Å². The highest BCUT2D eigenvalue weighted by Gasteiger charge is 2.25. The summed E-state index contributed by atoms with van der Waals surface area (Å²) in [5, 5.41) is 13.2. The molecule has 5 heteroatoms. The van der Waals surface area contributed by atoms with Crippen molar-refractivity contribution in [2.45, 2.75) is 13.0 Å². The molecule has 126 valence electrons. The summed E-state index contributed by atoms with van der Waals surface area (Å²) in [6.45, 7) is 1.51. The molecule has 1 N–H and O–H groups in total. The van der Waals surface area contributed by atoms with E-state index >= 15 is 0 Å². The smallest absolute Gasteiger partial charge is 0.156 e.